The van der Waals surface area contributed by atoms with Gasteiger partial charge < -0.3 is 15.2 Å². The van der Waals surface area contributed by atoms with Crippen LogP contribution in [0, 0.1) is 0 Å². The molecule has 1 aliphatic heterocycles. The second kappa shape index (κ2) is 7.07. The van der Waals surface area contributed by atoms with E-state index >= 15 is 0 Å². The molecule has 27 heavy (non-hydrogen) atoms. The molecule has 0 bridgehead atoms. The van der Waals surface area contributed by atoms with E-state index in [0.717, 1.165) is 22.4 Å². The van der Waals surface area contributed by atoms with Crippen molar-refractivity contribution < 1.29 is 14.1 Å². The predicted molar refractivity (Wildman–Crippen MR) is 101 cm³/mol. The number of hydrogen-bond donors (Lipinski definition) is 2. The molecule has 0 radical (unpaired) electrons. The normalized spacial score (nSPS) is 14.2. The maximum Gasteiger partial charge on any atom is 0.290 e. The van der Waals surface area contributed by atoms with E-state index < -0.39 is 0 Å². The molecule has 1 atom stereocenters. The Morgan fingerprint density at radius 2 is 1.96 bits per heavy atom. The predicted octanol–water partition coefficient (Wildman–Crippen LogP) is 3.72. The lowest BCUT2D eigenvalue weighted by molar-refractivity contribution is -0.116. The summed E-state index contributed by atoms with van der Waals surface area (Å²) < 4.78 is 5.21. The fraction of sp³-hybridized carbons (Fsp3) is 0.190. The van der Waals surface area contributed by atoms with Gasteiger partial charge in [-0.25, -0.2) is 0 Å². The average Bonchev–Trinajstić information content (AvgIpc) is 3.18. The number of carbonyl (C=O) groups is 2. The zero-order chi connectivity index (χ0) is 18.8. The third kappa shape index (κ3) is 3.60. The summed E-state index contributed by atoms with van der Waals surface area (Å²) in [5.74, 6) is -0.106. The van der Waals surface area contributed by atoms with Crippen LogP contribution < -0.4 is 10.6 Å². The number of rotatable bonds is 4. The van der Waals surface area contributed by atoms with Crippen molar-refractivity contribution in [2.24, 2.45) is 0 Å². The minimum Gasteiger partial charge on any atom is -0.350 e. The second-order valence-corrected chi connectivity index (χ2v) is 6.60. The fourth-order valence-electron chi connectivity index (χ4n) is 3.15. The standard InChI is InChI=1S/C21H19N3O3/c1-13(15-7-9-17-16(11-15)8-10-20(25)23-17)22-21(26)19-12-18(24-27-19)14-5-3-2-4-6-14/h2-7,9,11-13H,8,10H2,1H3,(H,22,26)(H,23,25). The van der Waals surface area contributed by atoms with Crippen LogP contribution in [0.15, 0.2) is 59.1 Å². The van der Waals surface area contributed by atoms with Crippen LogP contribution in [0.4, 0.5) is 5.69 Å². The van der Waals surface area contributed by atoms with Crippen LogP contribution in [-0.4, -0.2) is 17.0 Å². The van der Waals surface area contributed by atoms with E-state index in [1.54, 1.807) is 6.07 Å². The summed E-state index contributed by atoms with van der Waals surface area (Å²) in [4.78, 5) is 24.0. The molecule has 2 aromatic carbocycles. The second-order valence-electron chi connectivity index (χ2n) is 6.60. The molecule has 2 heterocycles. The highest BCUT2D eigenvalue weighted by Gasteiger charge is 2.19. The van der Waals surface area contributed by atoms with Crippen molar-refractivity contribution >= 4 is 17.5 Å². The lowest BCUT2D eigenvalue weighted by Crippen LogP contribution is -2.26. The number of nitrogens with zero attached hydrogens (tertiary/aromatic N) is 1. The SMILES string of the molecule is CC(NC(=O)c1cc(-c2ccccc2)no1)c1ccc2c(c1)CCC(=O)N2. The van der Waals surface area contributed by atoms with E-state index in [4.69, 9.17) is 4.52 Å². The molecule has 6 nitrogen and oxygen atoms in total. The number of fused-ring (bicyclic) bond motifs is 1. The van der Waals surface area contributed by atoms with Crippen LogP contribution in [0.2, 0.25) is 0 Å². The van der Waals surface area contributed by atoms with Gasteiger partial charge >= 0.3 is 0 Å². The summed E-state index contributed by atoms with van der Waals surface area (Å²) in [6, 6.07) is 16.8. The van der Waals surface area contributed by atoms with Gasteiger partial charge in [0.15, 0.2) is 0 Å². The first-order chi connectivity index (χ1) is 13.1. The Morgan fingerprint density at radius 3 is 2.78 bits per heavy atom. The van der Waals surface area contributed by atoms with Crippen LogP contribution in [0.25, 0.3) is 11.3 Å². The minimum absolute atomic E-state index is 0.0381. The summed E-state index contributed by atoms with van der Waals surface area (Å²) in [5, 5.41) is 9.77. The number of hydrogen-bond acceptors (Lipinski definition) is 4. The first-order valence-electron chi connectivity index (χ1n) is 8.86. The van der Waals surface area contributed by atoms with E-state index in [1.165, 1.54) is 0 Å². The molecule has 0 spiro atoms. The van der Waals surface area contributed by atoms with Crippen molar-refractivity contribution in [3.8, 4) is 11.3 Å². The molecule has 136 valence electrons. The fourth-order valence-corrected chi connectivity index (χ4v) is 3.15. The number of aromatic nitrogens is 1. The van der Waals surface area contributed by atoms with Crippen LogP contribution in [0.5, 0.6) is 0 Å². The number of anilines is 1. The van der Waals surface area contributed by atoms with Crippen molar-refractivity contribution in [1.29, 1.82) is 0 Å². The van der Waals surface area contributed by atoms with Gasteiger partial charge in [0.1, 0.15) is 5.69 Å². The summed E-state index contributed by atoms with van der Waals surface area (Å²) in [5.41, 5.74) is 4.42. The molecule has 1 aromatic heterocycles. The monoisotopic (exact) mass is 361 g/mol. The highest BCUT2D eigenvalue weighted by atomic mass is 16.5. The largest absolute Gasteiger partial charge is 0.350 e. The smallest absolute Gasteiger partial charge is 0.290 e. The summed E-state index contributed by atoms with van der Waals surface area (Å²) >= 11 is 0. The van der Waals surface area contributed by atoms with Gasteiger partial charge in [-0.1, -0.05) is 47.6 Å². The molecule has 0 saturated heterocycles. The molecule has 0 aliphatic carbocycles. The number of carbonyl (C=O) groups excluding carboxylic acids is 2. The van der Waals surface area contributed by atoms with Gasteiger partial charge in [0.05, 0.1) is 6.04 Å². The topological polar surface area (TPSA) is 84.2 Å². The summed E-state index contributed by atoms with van der Waals surface area (Å²) in [6.07, 6.45) is 1.19. The van der Waals surface area contributed by atoms with Gasteiger partial charge in [-0.05, 0) is 30.5 Å². The van der Waals surface area contributed by atoms with E-state index in [-0.39, 0.29) is 23.6 Å². The van der Waals surface area contributed by atoms with Gasteiger partial charge in [-0.3, -0.25) is 9.59 Å². The minimum atomic E-state index is -0.316. The van der Waals surface area contributed by atoms with Gasteiger partial charge in [-0.2, -0.15) is 0 Å². The Labute approximate surface area is 156 Å². The van der Waals surface area contributed by atoms with Crippen molar-refractivity contribution in [3.05, 3.63) is 71.5 Å². The number of amides is 2. The van der Waals surface area contributed by atoms with Gasteiger partial charge in [0, 0.05) is 23.7 Å². The molecule has 0 fully saturated rings. The van der Waals surface area contributed by atoms with Crippen LogP contribution in [-0.2, 0) is 11.2 Å². The average molecular weight is 361 g/mol. The van der Waals surface area contributed by atoms with Crippen molar-refractivity contribution in [1.82, 2.24) is 10.5 Å². The Morgan fingerprint density at radius 1 is 1.15 bits per heavy atom. The molecule has 1 unspecified atom stereocenters. The zero-order valence-electron chi connectivity index (χ0n) is 14.9. The van der Waals surface area contributed by atoms with E-state index in [0.29, 0.717) is 18.5 Å². The molecular formula is C21H19N3O3. The first kappa shape index (κ1) is 17.0. The number of aryl methyl sites for hydroxylation is 1. The third-order valence-electron chi connectivity index (χ3n) is 4.68. The van der Waals surface area contributed by atoms with Gasteiger partial charge in [0.25, 0.3) is 5.91 Å². The first-order valence-corrected chi connectivity index (χ1v) is 8.86. The lowest BCUT2D eigenvalue weighted by atomic mass is 9.98. The maximum absolute atomic E-state index is 12.5. The molecular weight excluding hydrogens is 342 g/mol. The van der Waals surface area contributed by atoms with Crippen molar-refractivity contribution in [2.75, 3.05) is 5.32 Å². The van der Waals surface area contributed by atoms with Gasteiger partial charge in [-0.15, -0.1) is 0 Å². The molecule has 2 amide bonds. The zero-order valence-corrected chi connectivity index (χ0v) is 14.9. The molecule has 2 N–H and O–H groups in total. The maximum atomic E-state index is 12.5. The molecule has 6 heteroatoms. The number of benzene rings is 2. The molecule has 3 aromatic rings. The molecule has 1 aliphatic rings. The Balaban J connectivity index is 1.47. The number of nitrogens with one attached hydrogen (secondary N) is 2. The van der Waals surface area contributed by atoms with Crippen LogP contribution in [0.1, 0.15) is 41.1 Å². The Hall–Kier alpha value is -3.41. The summed E-state index contributed by atoms with van der Waals surface area (Å²) in [7, 11) is 0. The Bertz CT molecular complexity index is 995. The van der Waals surface area contributed by atoms with E-state index in [1.807, 2.05) is 55.5 Å². The molecule has 4 rings (SSSR count). The van der Waals surface area contributed by atoms with E-state index in [9.17, 15) is 9.59 Å². The van der Waals surface area contributed by atoms with Gasteiger partial charge in [0.2, 0.25) is 11.7 Å². The van der Waals surface area contributed by atoms with Crippen molar-refractivity contribution in [3.63, 3.8) is 0 Å². The highest BCUT2D eigenvalue weighted by molar-refractivity contribution is 5.94. The van der Waals surface area contributed by atoms with Crippen LogP contribution in [0.3, 0.4) is 0 Å². The summed E-state index contributed by atoms with van der Waals surface area (Å²) in [6.45, 7) is 1.91. The van der Waals surface area contributed by atoms with E-state index in [2.05, 4.69) is 15.8 Å². The van der Waals surface area contributed by atoms with Crippen LogP contribution >= 0.6 is 0 Å². The quantitative estimate of drug-likeness (QED) is 0.742. The van der Waals surface area contributed by atoms with Crippen molar-refractivity contribution in [2.45, 2.75) is 25.8 Å². The Kier molecular flexibility index (Phi) is 4.46. The molecule has 0 saturated carbocycles. The third-order valence-corrected chi connectivity index (χ3v) is 4.68. The lowest BCUT2D eigenvalue weighted by Gasteiger charge is -2.20. The highest BCUT2D eigenvalue weighted by Crippen LogP contribution is 2.26.